The molecule has 210 valence electrons. The molecule has 0 spiro atoms. The van der Waals surface area contributed by atoms with E-state index < -0.39 is 0 Å². The van der Waals surface area contributed by atoms with Gasteiger partial charge in [0.1, 0.15) is 36.2 Å². The number of carbonyl (C=O) groups is 1. The van der Waals surface area contributed by atoms with Crippen molar-refractivity contribution in [1.82, 2.24) is 0 Å². The first-order valence-electron chi connectivity index (χ1n) is 13.5. The predicted octanol–water partition coefficient (Wildman–Crippen LogP) is 8.15. The number of carbonyl (C=O) groups excluding carboxylic acids is 1. The van der Waals surface area contributed by atoms with Crippen LogP contribution in [-0.2, 0) is 0 Å². The molecular weight excluding hydrogens is 490 g/mol. The molecule has 0 saturated carbocycles. The highest BCUT2D eigenvalue weighted by Crippen LogP contribution is 2.48. The van der Waals surface area contributed by atoms with Crippen LogP contribution in [0.3, 0.4) is 0 Å². The molecule has 0 saturated heterocycles. The number of ether oxygens (including phenoxy) is 4. The summed E-state index contributed by atoms with van der Waals surface area (Å²) in [6.45, 7) is 15.2. The van der Waals surface area contributed by atoms with Crippen LogP contribution in [0, 0.1) is 6.92 Å². The highest BCUT2D eigenvalue weighted by atomic mass is 16.5. The van der Waals surface area contributed by atoms with Gasteiger partial charge in [-0.1, -0.05) is 22.8 Å². The molecule has 0 N–H and O–H groups in total. The third kappa shape index (κ3) is 7.05. The van der Waals surface area contributed by atoms with E-state index in [-0.39, 0.29) is 11.9 Å². The Morgan fingerprint density at radius 3 is 2.21 bits per heavy atom. The molecule has 6 nitrogen and oxygen atoms in total. The van der Waals surface area contributed by atoms with Crippen LogP contribution in [0.1, 0.15) is 81.9 Å². The molecule has 0 radical (unpaired) electrons. The van der Waals surface area contributed by atoms with E-state index in [0.29, 0.717) is 41.7 Å². The lowest BCUT2D eigenvalue weighted by molar-refractivity contribution is 0.0989. The van der Waals surface area contributed by atoms with Crippen LogP contribution in [-0.4, -0.2) is 33.3 Å². The zero-order valence-corrected chi connectivity index (χ0v) is 24.9. The van der Waals surface area contributed by atoms with Gasteiger partial charge in [0.15, 0.2) is 0 Å². The fourth-order valence-corrected chi connectivity index (χ4v) is 4.66. The zero-order valence-electron chi connectivity index (χ0n) is 24.9. The number of allylic oxidation sites excluding steroid dienone is 4. The van der Waals surface area contributed by atoms with Gasteiger partial charge in [-0.3, -0.25) is 9.69 Å². The highest BCUT2D eigenvalue weighted by molar-refractivity contribution is 6.14. The lowest BCUT2D eigenvalue weighted by atomic mass is 10.0. The van der Waals surface area contributed by atoms with Gasteiger partial charge in [-0.25, -0.2) is 0 Å². The highest BCUT2D eigenvalue weighted by Gasteiger charge is 2.40. The summed E-state index contributed by atoms with van der Waals surface area (Å²) in [6.07, 6.45) is 8.39. The Morgan fingerprint density at radius 1 is 0.897 bits per heavy atom. The van der Waals surface area contributed by atoms with Crippen LogP contribution in [0.15, 0.2) is 59.2 Å². The number of fused-ring (bicyclic) bond motifs is 1. The molecule has 0 aliphatic carbocycles. The van der Waals surface area contributed by atoms with Crippen molar-refractivity contribution in [2.24, 2.45) is 0 Å². The van der Waals surface area contributed by atoms with Gasteiger partial charge in [-0.05, 0) is 97.2 Å². The van der Waals surface area contributed by atoms with E-state index >= 15 is 0 Å². The van der Waals surface area contributed by atoms with E-state index in [1.54, 1.807) is 19.1 Å². The topological polar surface area (TPSA) is 57.2 Å². The molecule has 1 aliphatic heterocycles. The summed E-state index contributed by atoms with van der Waals surface area (Å²) < 4.78 is 23.5. The van der Waals surface area contributed by atoms with Crippen LogP contribution in [0.25, 0.3) is 0 Å². The van der Waals surface area contributed by atoms with E-state index in [1.807, 2.05) is 58.0 Å². The van der Waals surface area contributed by atoms with Gasteiger partial charge in [0.25, 0.3) is 5.91 Å². The molecule has 3 rings (SSSR count). The lowest BCUT2D eigenvalue weighted by Gasteiger charge is -2.25. The Labute approximate surface area is 233 Å². The summed E-state index contributed by atoms with van der Waals surface area (Å²) in [5.41, 5.74) is 6.70. The largest absolute Gasteiger partial charge is 0.497 e. The predicted molar refractivity (Wildman–Crippen MR) is 159 cm³/mol. The summed E-state index contributed by atoms with van der Waals surface area (Å²) in [7, 11) is 3.21. The van der Waals surface area contributed by atoms with Crippen LogP contribution in [0.4, 0.5) is 5.69 Å². The molecule has 0 bridgehead atoms. The molecular formula is C33H43NO5. The molecule has 6 heteroatoms. The molecule has 2 aromatic rings. The second-order valence-corrected chi connectivity index (χ2v) is 10.5. The fourth-order valence-electron chi connectivity index (χ4n) is 4.66. The fraction of sp³-hybridized carbons (Fsp3) is 0.424. The summed E-state index contributed by atoms with van der Waals surface area (Å²) >= 11 is 0. The minimum atomic E-state index is -0.245. The average molecular weight is 534 g/mol. The molecule has 0 aromatic heterocycles. The van der Waals surface area contributed by atoms with Crippen molar-refractivity contribution >= 4 is 11.6 Å². The number of benzene rings is 2. The Hall–Kier alpha value is -3.67. The Kier molecular flexibility index (Phi) is 10.3. The lowest BCUT2D eigenvalue weighted by Crippen LogP contribution is -2.27. The molecule has 1 aliphatic rings. The Bertz CT molecular complexity index is 1280. The van der Waals surface area contributed by atoms with E-state index in [0.717, 1.165) is 35.3 Å². The van der Waals surface area contributed by atoms with Gasteiger partial charge in [0.2, 0.25) is 0 Å². The SMILES string of the molecule is COc1ccc(N2C(=O)c3c(cc(OC/C=C(\C)CCC=C(C)C)c(C)c3OC)[C@@H]2C)c(OCC=C(C)C)c1. The quantitative estimate of drug-likeness (QED) is 0.258. The number of amides is 1. The van der Waals surface area contributed by atoms with Crippen LogP contribution >= 0.6 is 0 Å². The number of rotatable bonds is 12. The van der Waals surface area contributed by atoms with Gasteiger partial charge < -0.3 is 18.9 Å². The van der Waals surface area contributed by atoms with Gasteiger partial charge in [0.05, 0.1) is 31.5 Å². The van der Waals surface area contributed by atoms with Gasteiger partial charge in [-0.15, -0.1) is 0 Å². The van der Waals surface area contributed by atoms with E-state index in [4.69, 9.17) is 18.9 Å². The number of hydrogen-bond acceptors (Lipinski definition) is 5. The minimum absolute atomic E-state index is 0.128. The molecule has 2 aromatic carbocycles. The van der Waals surface area contributed by atoms with Gasteiger partial charge in [-0.2, -0.15) is 0 Å². The number of nitrogens with zero attached hydrogens (tertiary/aromatic N) is 1. The van der Waals surface area contributed by atoms with E-state index in [9.17, 15) is 4.79 Å². The van der Waals surface area contributed by atoms with Crippen LogP contribution < -0.4 is 23.8 Å². The van der Waals surface area contributed by atoms with Gasteiger partial charge >= 0.3 is 0 Å². The second-order valence-electron chi connectivity index (χ2n) is 10.5. The molecule has 1 heterocycles. The number of anilines is 1. The maximum absolute atomic E-state index is 13.9. The summed E-state index contributed by atoms with van der Waals surface area (Å²) in [6, 6.07) is 7.27. The summed E-state index contributed by atoms with van der Waals surface area (Å²) in [4.78, 5) is 15.6. The van der Waals surface area contributed by atoms with Crippen LogP contribution in [0.2, 0.25) is 0 Å². The van der Waals surface area contributed by atoms with Crippen molar-refractivity contribution in [3.8, 4) is 23.0 Å². The first kappa shape index (κ1) is 29.9. The monoisotopic (exact) mass is 533 g/mol. The smallest absolute Gasteiger partial charge is 0.263 e. The number of hydrogen-bond donors (Lipinski definition) is 0. The standard InChI is InChI=1S/C33H43NO5/c1-21(2)11-10-12-23(5)16-18-38-29-20-27-25(7)34(33(35)31(27)32(37-9)24(29)6)28-14-13-26(36-8)19-30(28)39-17-15-22(3)4/h11,13-16,19-20,25H,10,12,17-18H2,1-9H3/b23-16+/t25-/m0/s1. The first-order chi connectivity index (χ1) is 18.6. The zero-order chi connectivity index (χ0) is 28.7. The van der Waals surface area contributed by atoms with Crippen molar-refractivity contribution in [1.29, 1.82) is 0 Å². The maximum atomic E-state index is 13.9. The van der Waals surface area contributed by atoms with Crippen molar-refractivity contribution in [3.05, 3.63) is 75.9 Å². The third-order valence-electron chi connectivity index (χ3n) is 6.91. The molecule has 1 amide bonds. The van der Waals surface area contributed by atoms with Crippen molar-refractivity contribution in [3.63, 3.8) is 0 Å². The van der Waals surface area contributed by atoms with E-state index in [2.05, 4.69) is 32.9 Å². The van der Waals surface area contributed by atoms with Crippen molar-refractivity contribution in [2.75, 3.05) is 32.3 Å². The molecule has 0 unspecified atom stereocenters. The Balaban J connectivity index is 1.92. The maximum Gasteiger partial charge on any atom is 0.263 e. The molecule has 1 atom stereocenters. The molecule has 39 heavy (non-hydrogen) atoms. The molecule has 0 fully saturated rings. The van der Waals surface area contributed by atoms with Crippen molar-refractivity contribution < 1.29 is 23.7 Å². The minimum Gasteiger partial charge on any atom is -0.497 e. The Morgan fingerprint density at radius 2 is 1.56 bits per heavy atom. The normalized spacial score (nSPS) is 14.6. The summed E-state index contributed by atoms with van der Waals surface area (Å²) in [5.74, 6) is 2.38. The van der Waals surface area contributed by atoms with Crippen molar-refractivity contribution in [2.45, 2.75) is 67.3 Å². The first-order valence-corrected chi connectivity index (χ1v) is 13.5. The van der Waals surface area contributed by atoms with E-state index in [1.165, 1.54) is 11.1 Å². The van der Waals surface area contributed by atoms with Crippen LogP contribution in [0.5, 0.6) is 23.0 Å². The third-order valence-corrected chi connectivity index (χ3v) is 6.91. The number of methoxy groups -OCH3 is 2. The summed E-state index contributed by atoms with van der Waals surface area (Å²) in [5, 5.41) is 0. The second kappa shape index (κ2) is 13.4. The average Bonchev–Trinajstić information content (AvgIpc) is 3.13. The van der Waals surface area contributed by atoms with Gasteiger partial charge in [0, 0.05) is 11.6 Å².